The Labute approximate surface area is 183 Å². The van der Waals surface area contributed by atoms with Crippen LogP contribution in [-0.2, 0) is 9.53 Å². The Morgan fingerprint density at radius 3 is 2.20 bits per heavy atom. The normalized spacial score (nSPS) is 18.9. The van der Waals surface area contributed by atoms with Crippen molar-refractivity contribution in [3.8, 4) is 0 Å². The van der Waals surface area contributed by atoms with Gasteiger partial charge in [-0.25, -0.2) is 4.79 Å². The molecule has 2 aliphatic heterocycles. The Hall–Kier alpha value is -2.99. The zero-order chi connectivity index (χ0) is 21.3. The molecule has 0 aliphatic carbocycles. The van der Waals surface area contributed by atoms with E-state index < -0.39 is 6.10 Å². The highest BCUT2D eigenvalue weighted by atomic mass is 79.9. The maximum Gasteiger partial charge on any atom is 0.335 e. The lowest BCUT2D eigenvalue weighted by Crippen LogP contribution is -2.30. The van der Waals surface area contributed by atoms with Crippen LogP contribution in [0.2, 0.25) is 0 Å². The minimum absolute atomic E-state index is 0.263. The zero-order valence-corrected chi connectivity index (χ0v) is 18.0. The van der Waals surface area contributed by atoms with Crippen LogP contribution in [-0.4, -0.2) is 34.6 Å². The standard InChI is InChI=1S/C24H20BrNO4/c1-15-20(21(30-24(15)29)16-8-3-2-4-9-16)17(14-25)10-7-13-26-22(27)18-11-5-6-12-19(18)23(26)28/h2-6,8-12,21H,7,13-14H2,1H3/b17-10+. The number of fused-ring (bicyclic) bond motifs is 1. The number of carbonyl (C=O) groups excluding carboxylic acids is 3. The maximum atomic E-state index is 12.5. The third kappa shape index (κ3) is 3.52. The first-order chi connectivity index (χ1) is 14.5. The zero-order valence-electron chi connectivity index (χ0n) is 16.4. The first-order valence-electron chi connectivity index (χ1n) is 9.70. The summed E-state index contributed by atoms with van der Waals surface area (Å²) >= 11 is 3.52. The average Bonchev–Trinajstić information content (AvgIpc) is 3.20. The summed E-state index contributed by atoms with van der Waals surface area (Å²) in [6.07, 6.45) is 2.00. The SMILES string of the molecule is CC1=C(/C(=C/CCN2C(=O)c3ccccc3C2=O)CBr)C(c2ccccc2)OC1=O. The second-order valence-electron chi connectivity index (χ2n) is 7.19. The summed E-state index contributed by atoms with van der Waals surface area (Å²) < 4.78 is 5.62. The summed E-state index contributed by atoms with van der Waals surface area (Å²) in [5, 5.41) is 0.530. The number of ether oxygens (including phenoxy) is 1. The van der Waals surface area contributed by atoms with E-state index in [4.69, 9.17) is 4.74 Å². The monoisotopic (exact) mass is 465 g/mol. The van der Waals surface area contributed by atoms with Crippen molar-refractivity contribution < 1.29 is 19.1 Å². The van der Waals surface area contributed by atoms with Crippen molar-refractivity contribution in [3.63, 3.8) is 0 Å². The fourth-order valence-corrected chi connectivity index (χ4v) is 4.41. The molecule has 152 valence electrons. The molecule has 30 heavy (non-hydrogen) atoms. The topological polar surface area (TPSA) is 63.7 Å². The van der Waals surface area contributed by atoms with E-state index in [1.165, 1.54) is 4.90 Å². The van der Waals surface area contributed by atoms with E-state index in [0.29, 0.717) is 28.5 Å². The summed E-state index contributed by atoms with van der Waals surface area (Å²) in [5.41, 5.74) is 4.14. The van der Waals surface area contributed by atoms with Gasteiger partial charge in [0.2, 0.25) is 0 Å². The van der Waals surface area contributed by atoms with Crippen LogP contribution in [0.25, 0.3) is 0 Å². The third-order valence-corrected chi connectivity index (χ3v) is 6.02. The number of alkyl halides is 1. The van der Waals surface area contributed by atoms with Crippen molar-refractivity contribution in [1.82, 2.24) is 4.90 Å². The van der Waals surface area contributed by atoms with Crippen molar-refractivity contribution in [2.75, 3.05) is 11.9 Å². The van der Waals surface area contributed by atoms with Gasteiger partial charge in [0.05, 0.1) is 11.1 Å². The molecule has 2 amide bonds. The lowest BCUT2D eigenvalue weighted by atomic mass is 9.93. The molecule has 0 radical (unpaired) electrons. The quantitative estimate of drug-likeness (QED) is 0.355. The van der Waals surface area contributed by atoms with Gasteiger partial charge in [-0.05, 0) is 36.6 Å². The number of nitrogens with zero attached hydrogens (tertiary/aromatic N) is 1. The van der Waals surface area contributed by atoms with Gasteiger partial charge in [0.15, 0.2) is 6.10 Å². The van der Waals surface area contributed by atoms with Gasteiger partial charge in [0, 0.05) is 23.0 Å². The van der Waals surface area contributed by atoms with E-state index >= 15 is 0 Å². The summed E-state index contributed by atoms with van der Waals surface area (Å²) in [5.74, 6) is -0.853. The Morgan fingerprint density at radius 2 is 1.60 bits per heavy atom. The van der Waals surface area contributed by atoms with Crippen molar-refractivity contribution in [2.24, 2.45) is 0 Å². The van der Waals surface area contributed by atoms with Gasteiger partial charge < -0.3 is 4.74 Å². The second kappa shape index (κ2) is 8.40. The molecule has 5 nitrogen and oxygen atoms in total. The molecule has 0 N–H and O–H groups in total. The molecule has 2 aliphatic rings. The Morgan fingerprint density at radius 1 is 1.00 bits per heavy atom. The van der Waals surface area contributed by atoms with E-state index in [-0.39, 0.29) is 24.3 Å². The van der Waals surface area contributed by atoms with Crippen LogP contribution in [0.5, 0.6) is 0 Å². The number of carbonyl (C=O) groups is 3. The fourth-order valence-electron chi connectivity index (χ4n) is 3.88. The smallest absolute Gasteiger partial charge is 0.335 e. The van der Waals surface area contributed by atoms with E-state index in [2.05, 4.69) is 15.9 Å². The second-order valence-corrected chi connectivity index (χ2v) is 7.75. The van der Waals surface area contributed by atoms with Gasteiger partial charge in [0.25, 0.3) is 11.8 Å². The van der Waals surface area contributed by atoms with Crippen molar-refractivity contribution in [1.29, 1.82) is 0 Å². The van der Waals surface area contributed by atoms with Crippen LogP contribution in [0.3, 0.4) is 0 Å². The highest BCUT2D eigenvalue weighted by Gasteiger charge is 2.36. The highest BCUT2D eigenvalue weighted by molar-refractivity contribution is 9.09. The van der Waals surface area contributed by atoms with Gasteiger partial charge in [0.1, 0.15) is 0 Å². The van der Waals surface area contributed by atoms with Gasteiger partial charge >= 0.3 is 5.97 Å². The van der Waals surface area contributed by atoms with Gasteiger partial charge in [-0.1, -0.05) is 64.5 Å². The predicted molar refractivity (Wildman–Crippen MR) is 116 cm³/mol. The van der Waals surface area contributed by atoms with Crippen LogP contribution in [0.15, 0.2) is 77.4 Å². The molecule has 1 atom stereocenters. The summed E-state index contributed by atoms with van der Waals surface area (Å²) in [6.45, 7) is 2.04. The first-order valence-corrected chi connectivity index (χ1v) is 10.8. The summed E-state index contributed by atoms with van der Waals surface area (Å²) in [4.78, 5) is 38.6. The van der Waals surface area contributed by atoms with Crippen molar-refractivity contribution in [2.45, 2.75) is 19.4 Å². The molecule has 0 aromatic heterocycles. The predicted octanol–water partition coefficient (Wildman–Crippen LogP) is 4.61. The number of cyclic esters (lactones) is 1. The average molecular weight is 466 g/mol. The van der Waals surface area contributed by atoms with E-state index in [0.717, 1.165) is 16.7 Å². The molecule has 2 heterocycles. The summed E-state index contributed by atoms with van der Waals surface area (Å²) in [7, 11) is 0. The number of halogens is 1. The van der Waals surface area contributed by atoms with E-state index in [1.54, 1.807) is 31.2 Å². The van der Waals surface area contributed by atoms with Gasteiger partial charge in [-0.2, -0.15) is 0 Å². The van der Waals surface area contributed by atoms with Crippen LogP contribution in [0.1, 0.15) is 45.7 Å². The Balaban J connectivity index is 1.55. The van der Waals surface area contributed by atoms with Crippen LogP contribution in [0.4, 0.5) is 0 Å². The van der Waals surface area contributed by atoms with Crippen molar-refractivity contribution >= 4 is 33.7 Å². The lowest BCUT2D eigenvalue weighted by Gasteiger charge is -2.17. The highest BCUT2D eigenvalue weighted by Crippen LogP contribution is 2.40. The molecule has 0 spiro atoms. The maximum absolute atomic E-state index is 12.5. The minimum atomic E-state index is -0.457. The number of esters is 1. The molecular weight excluding hydrogens is 446 g/mol. The number of benzene rings is 2. The molecule has 2 aromatic rings. The molecule has 2 aromatic carbocycles. The number of imide groups is 1. The van der Waals surface area contributed by atoms with Crippen LogP contribution >= 0.6 is 15.9 Å². The summed E-state index contributed by atoms with van der Waals surface area (Å²) in [6, 6.07) is 16.5. The largest absolute Gasteiger partial charge is 0.449 e. The molecular formula is C24H20BrNO4. The number of hydrogen-bond donors (Lipinski definition) is 0. The first kappa shape index (κ1) is 20.3. The minimum Gasteiger partial charge on any atom is -0.449 e. The Kier molecular flexibility index (Phi) is 5.68. The molecule has 0 bridgehead atoms. The molecule has 1 unspecified atom stereocenters. The van der Waals surface area contributed by atoms with Gasteiger partial charge in [-0.3, -0.25) is 14.5 Å². The lowest BCUT2D eigenvalue weighted by molar-refractivity contribution is -0.139. The van der Waals surface area contributed by atoms with E-state index in [1.807, 2.05) is 36.4 Å². The number of hydrogen-bond acceptors (Lipinski definition) is 4. The van der Waals surface area contributed by atoms with Gasteiger partial charge in [-0.15, -0.1) is 0 Å². The fraction of sp³-hybridized carbons (Fsp3) is 0.208. The van der Waals surface area contributed by atoms with Crippen LogP contribution < -0.4 is 0 Å². The number of amides is 2. The molecule has 6 heteroatoms. The molecule has 0 fully saturated rings. The molecule has 0 saturated heterocycles. The Bertz CT molecular complexity index is 1050. The van der Waals surface area contributed by atoms with E-state index in [9.17, 15) is 14.4 Å². The molecule has 0 saturated carbocycles. The van der Waals surface area contributed by atoms with Crippen LogP contribution in [0, 0.1) is 0 Å². The third-order valence-electron chi connectivity index (χ3n) is 5.41. The van der Waals surface area contributed by atoms with Crippen molar-refractivity contribution in [3.05, 3.63) is 94.1 Å². The number of rotatable bonds is 6. The molecule has 4 rings (SSSR count).